The molecular weight excluding hydrogens is 272 g/mol. The lowest BCUT2D eigenvalue weighted by Crippen LogP contribution is -2.53. The molecule has 0 aromatic rings. The maximum atomic E-state index is 13.5. The molecule has 20 heavy (non-hydrogen) atoms. The highest BCUT2D eigenvalue weighted by molar-refractivity contribution is 5.77. The molecule has 0 aromatic heterocycles. The van der Waals surface area contributed by atoms with Crippen molar-refractivity contribution in [1.82, 2.24) is 4.90 Å². The standard InChI is InChI=1S/C13H21F2NO4/c1-5-19-10(17)13(14,15)6-9-7-16(8-9)11(18)20-12(2,3)4/h9H,5-8H2,1-4H3. The number of hydrogen-bond acceptors (Lipinski definition) is 4. The summed E-state index contributed by atoms with van der Waals surface area (Å²) in [6.07, 6.45) is -1.13. The van der Waals surface area contributed by atoms with Crippen LogP contribution >= 0.6 is 0 Å². The van der Waals surface area contributed by atoms with E-state index in [0.29, 0.717) is 0 Å². The molecule has 0 saturated carbocycles. The third-order valence-electron chi connectivity index (χ3n) is 2.73. The highest BCUT2D eigenvalue weighted by Crippen LogP contribution is 2.31. The van der Waals surface area contributed by atoms with Crippen molar-refractivity contribution in [2.24, 2.45) is 5.92 Å². The molecule has 1 aliphatic heterocycles. The van der Waals surface area contributed by atoms with Crippen LogP contribution in [0.1, 0.15) is 34.1 Å². The Morgan fingerprint density at radius 1 is 1.25 bits per heavy atom. The van der Waals surface area contributed by atoms with Crippen LogP contribution in [0.25, 0.3) is 0 Å². The summed E-state index contributed by atoms with van der Waals surface area (Å²) in [4.78, 5) is 24.0. The first-order chi connectivity index (χ1) is 9.05. The summed E-state index contributed by atoms with van der Waals surface area (Å²) >= 11 is 0. The Hall–Kier alpha value is -1.40. The van der Waals surface area contributed by atoms with Crippen LogP contribution in [0.4, 0.5) is 13.6 Å². The first-order valence-electron chi connectivity index (χ1n) is 6.58. The van der Waals surface area contributed by atoms with Gasteiger partial charge < -0.3 is 14.4 Å². The van der Waals surface area contributed by atoms with Gasteiger partial charge >= 0.3 is 18.0 Å². The molecule has 0 bridgehead atoms. The highest BCUT2D eigenvalue weighted by atomic mass is 19.3. The Morgan fingerprint density at radius 2 is 1.80 bits per heavy atom. The van der Waals surface area contributed by atoms with Crippen molar-refractivity contribution in [3.63, 3.8) is 0 Å². The summed E-state index contributed by atoms with van der Waals surface area (Å²) in [5.41, 5.74) is -0.614. The average molecular weight is 293 g/mol. The van der Waals surface area contributed by atoms with Crippen molar-refractivity contribution in [3.05, 3.63) is 0 Å². The Bertz CT molecular complexity index is 373. The monoisotopic (exact) mass is 293 g/mol. The second-order valence-corrected chi connectivity index (χ2v) is 5.88. The Balaban J connectivity index is 2.38. The second kappa shape index (κ2) is 5.93. The number of esters is 1. The maximum absolute atomic E-state index is 13.5. The first kappa shape index (κ1) is 16.7. The zero-order valence-corrected chi connectivity index (χ0v) is 12.2. The topological polar surface area (TPSA) is 55.8 Å². The lowest BCUT2D eigenvalue weighted by Gasteiger charge is -2.40. The molecule has 1 rings (SSSR count). The molecule has 1 amide bonds. The van der Waals surface area contributed by atoms with Crippen molar-refractivity contribution in [3.8, 4) is 0 Å². The predicted molar refractivity (Wildman–Crippen MR) is 67.5 cm³/mol. The van der Waals surface area contributed by atoms with Gasteiger partial charge in [0, 0.05) is 25.4 Å². The number of likely N-dealkylation sites (tertiary alicyclic amines) is 1. The Morgan fingerprint density at radius 3 is 2.25 bits per heavy atom. The lowest BCUT2D eigenvalue weighted by atomic mass is 9.93. The van der Waals surface area contributed by atoms with Crippen molar-refractivity contribution < 1.29 is 27.8 Å². The van der Waals surface area contributed by atoms with E-state index in [-0.39, 0.29) is 19.7 Å². The molecule has 1 fully saturated rings. The van der Waals surface area contributed by atoms with Crippen LogP contribution in [0.3, 0.4) is 0 Å². The number of carbonyl (C=O) groups excluding carboxylic acids is 2. The van der Waals surface area contributed by atoms with E-state index >= 15 is 0 Å². The van der Waals surface area contributed by atoms with Crippen molar-refractivity contribution in [2.45, 2.75) is 45.6 Å². The van der Waals surface area contributed by atoms with Gasteiger partial charge in [-0.05, 0) is 27.7 Å². The molecule has 7 heteroatoms. The summed E-state index contributed by atoms with van der Waals surface area (Å²) in [5.74, 6) is -5.42. The minimum absolute atomic E-state index is 0.0802. The molecule has 1 heterocycles. The Kier molecular flexibility index (Phi) is 4.94. The van der Waals surface area contributed by atoms with Gasteiger partial charge in [0.25, 0.3) is 0 Å². The number of amides is 1. The average Bonchev–Trinajstić information content (AvgIpc) is 2.20. The van der Waals surface area contributed by atoms with Crippen molar-refractivity contribution in [1.29, 1.82) is 0 Å². The zero-order valence-electron chi connectivity index (χ0n) is 12.2. The van der Waals surface area contributed by atoms with Gasteiger partial charge in [-0.2, -0.15) is 8.78 Å². The number of halogens is 2. The van der Waals surface area contributed by atoms with E-state index < -0.39 is 35.9 Å². The number of hydrogen-bond donors (Lipinski definition) is 0. The van der Waals surface area contributed by atoms with Crippen LogP contribution in [0.5, 0.6) is 0 Å². The molecule has 5 nitrogen and oxygen atoms in total. The molecule has 0 unspecified atom stereocenters. The van der Waals surface area contributed by atoms with Crippen molar-refractivity contribution in [2.75, 3.05) is 19.7 Å². The molecule has 0 radical (unpaired) electrons. The molecule has 0 aliphatic carbocycles. The lowest BCUT2D eigenvalue weighted by molar-refractivity contribution is -0.175. The van der Waals surface area contributed by atoms with Gasteiger partial charge in [0.15, 0.2) is 0 Å². The molecule has 116 valence electrons. The number of alkyl halides is 2. The van der Waals surface area contributed by atoms with Gasteiger partial charge in [-0.1, -0.05) is 0 Å². The number of rotatable bonds is 4. The fourth-order valence-electron chi connectivity index (χ4n) is 1.86. The molecule has 0 spiro atoms. The van der Waals surface area contributed by atoms with E-state index in [1.54, 1.807) is 20.8 Å². The van der Waals surface area contributed by atoms with Gasteiger partial charge in [-0.25, -0.2) is 9.59 Å². The Labute approximate surface area is 117 Å². The van der Waals surface area contributed by atoms with Gasteiger partial charge in [0.1, 0.15) is 5.60 Å². The van der Waals surface area contributed by atoms with E-state index in [4.69, 9.17) is 4.74 Å². The minimum atomic E-state index is -3.50. The minimum Gasteiger partial charge on any atom is -0.462 e. The molecule has 0 atom stereocenters. The van der Waals surface area contributed by atoms with Crippen LogP contribution in [0.2, 0.25) is 0 Å². The molecule has 1 saturated heterocycles. The number of carbonyl (C=O) groups is 2. The van der Waals surface area contributed by atoms with Gasteiger partial charge in [-0.15, -0.1) is 0 Å². The number of ether oxygens (including phenoxy) is 2. The molecule has 0 N–H and O–H groups in total. The van der Waals surface area contributed by atoms with Crippen LogP contribution < -0.4 is 0 Å². The van der Waals surface area contributed by atoms with E-state index in [2.05, 4.69) is 4.74 Å². The second-order valence-electron chi connectivity index (χ2n) is 5.88. The number of nitrogens with zero attached hydrogens (tertiary/aromatic N) is 1. The molecular formula is C13H21F2NO4. The predicted octanol–water partition coefficient (Wildman–Crippen LogP) is 2.44. The van der Waals surface area contributed by atoms with Gasteiger partial charge in [-0.3, -0.25) is 0 Å². The third kappa shape index (κ3) is 4.61. The van der Waals surface area contributed by atoms with Crippen LogP contribution in [0, 0.1) is 5.92 Å². The quantitative estimate of drug-likeness (QED) is 0.747. The SMILES string of the molecule is CCOC(=O)C(F)(F)CC1CN(C(=O)OC(C)(C)C)C1. The molecule has 0 aromatic carbocycles. The summed E-state index contributed by atoms with van der Waals surface area (Å²) in [7, 11) is 0. The smallest absolute Gasteiger partial charge is 0.410 e. The zero-order chi connectivity index (χ0) is 15.6. The van der Waals surface area contributed by atoms with E-state index in [9.17, 15) is 18.4 Å². The van der Waals surface area contributed by atoms with E-state index in [1.807, 2.05) is 0 Å². The van der Waals surface area contributed by atoms with Gasteiger partial charge in [0.05, 0.1) is 6.61 Å². The van der Waals surface area contributed by atoms with E-state index in [1.165, 1.54) is 11.8 Å². The van der Waals surface area contributed by atoms with Crippen LogP contribution in [-0.2, 0) is 14.3 Å². The fraction of sp³-hybridized carbons (Fsp3) is 0.846. The first-order valence-corrected chi connectivity index (χ1v) is 6.58. The summed E-state index contributed by atoms with van der Waals surface area (Å²) in [5, 5.41) is 0. The summed E-state index contributed by atoms with van der Waals surface area (Å²) < 4.78 is 36.4. The third-order valence-corrected chi connectivity index (χ3v) is 2.73. The summed E-state index contributed by atoms with van der Waals surface area (Å²) in [6, 6.07) is 0. The fourth-order valence-corrected chi connectivity index (χ4v) is 1.86. The van der Waals surface area contributed by atoms with Crippen LogP contribution in [-0.4, -0.2) is 48.2 Å². The normalized spacial score (nSPS) is 16.6. The van der Waals surface area contributed by atoms with Crippen molar-refractivity contribution >= 4 is 12.1 Å². The maximum Gasteiger partial charge on any atom is 0.410 e. The highest BCUT2D eigenvalue weighted by Gasteiger charge is 2.46. The molecule has 1 aliphatic rings. The summed E-state index contributed by atoms with van der Waals surface area (Å²) in [6.45, 7) is 6.93. The van der Waals surface area contributed by atoms with Crippen LogP contribution in [0.15, 0.2) is 0 Å². The van der Waals surface area contributed by atoms with E-state index in [0.717, 1.165) is 0 Å². The largest absolute Gasteiger partial charge is 0.462 e. The van der Waals surface area contributed by atoms with Gasteiger partial charge in [0.2, 0.25) is 0 Å².